The Labute approximate surface area is 166 Å². The van der Waals surface area contributed by atoms with Crippen LogP contribution in [0.3, 0.4) is 0 Å². The first kappa shape index (κ1) is 18.1. The fraction of sp³-hybridized carbons (Fsp3) is 0.696. The molecule has 5 heteroatoms. The lowest BCUT2D eigenvalue weighted by Crippen LogP contribution is -2.60. The average Bonchev–Trinajstić information content (AvgIpc) is 2.68. The van der Waals surface area contributed by atoms with Crippen LogP contribution in [-0.4, -0.2) is 16.9 Å². The molecule has 0 heterocycles. The molecule has 4 bridgehead atoms. The van der Waals surface area contributed by atoms with E-state index in [0.29, 0.717) is 23.8 Å². The van der Waals surface area contributed by atoms with Crippen LogP contribution < -0.4 is 5.32 Å². The van der Waals surface area contributed by atoms with Crippen molar-refractivity contribution in [2.75, 3.05) is 0 Å². The lowest BCUT2D eigenvalue weighted by molar-refractivity contribution is -0.384. The van der Waals surface area contributed by atoms with E-state index in [9.17, 15) is 14.9 Å². The van der Waals surface area contributed by atoms with Gasteiger partial charge in [0.1, 0.15) is 0 Å². The molecular formula is C23H30N2O3. The Kier molecular flexibility index (Phi) is 4.25. The van der Waals surface area contributed by atoms with E-state index in [1.165, 1.54) is 31.2 Å². The van der Waals surface area contributed by atoms with Crippen molar-refractivity contribution < 1.29 is 9.72 Å². The lowest BCUT2D eigenvalue weighted by atomic mass is 9.42. The number of nitro benzene ring substituents is 1. The molecule has 5 fully saturated rings. The summed E-state index contributed by atoms with van der Waals surface area (Å²) in [5.41, 5.74) is 1.17. The van der Waals surface area contributed by atoms with Crippen molar-refractivity contribution in [3.05, 3.63) is 39.9 Å². The molecule has 2 unspecified atom stereocenters. The van der Waals surface area contributed by atoms with Gasteiger partial charge in [-0.05, 0) is 74.2 Å². The second-order valence-electron chi connectivity index (χ2n) is 10.1. The van der Waals surface area contributed by atoms with Gasteiger partial charge in [0, 0.05) is 18.2 Å². The van der Waals surface area contributed by atoms with E-state index in [1.54, 1.807) is 12.1 Å². The van der Waals surface area contributed by atoms with E-state index in [1.807, 2.05) is 12.1 Å². The molecule has 5 saturated carbocycles. The van der Waals surface area contributed by atoms with Crippen molar-refractivity contribution in [2.24, 2.45) is 17.3 Å². The molecule has 0 spiro atoms. The van der Waals surface area contributed by atoms with Crippen molar-refractivity contribution >= 4 is 11.6 Å². The summed E-state index contributed by atoms with van der Waals surface area (Å²) in [6.45, 7) is 0. The van der Waals surface area contributed by atoms with Gasteiger partial charge >= 0.3 is 0 Å². The Morgan fingerprint density at radius 1 is 1.00 bits per heavy atom. The van der Waals surface area contributed by atoms with Crippen LogP contribution in [0, 0.1) is 27.4 Å². The first-order chi connectivity index (χ1) is 13.5. The van der Waals surface area contributed by atoms with Crippen LogP contribution in [0.4, 0.5) is 5.69 Å². The Morgan fingerprint density at radius 2 is 1.64 bits per heavy atom. The molecule has 150 valence electrons. The minimum Gasteiger partial charge on any atom is -0.353 e. The van der Waals surface area contributed by atoms with Gasteiger partial charge in [0.2, 0.25) is 5.91 Å². The Balaban J connectivity index is 1.42. The molecule has 1 aromatic carbocycles. The summed E-state index contributed by atoms with van der Waals surface area (Å²) >= 11 is 0. The summed E-state index contributed by atoms with van der Waals surface area (Å²) in [6.07, 6.45) is 12.5. The number of carbonyl (C=O) groups is 1. The zero-order valence-corrected chi connectivity index (χ0v) is 16.5. The van der Waals surface area contributed by atoms with Crippen LogP contribution in [-0.2, 0) is 10.2 Å². The molecule has 0 radical (unpaired) electrons. The molecule has 28 heavy (non-hydrogen) atoms. The molecular weight excluding hydrogens is 352 g/mol. The summed E-state index contributed by atoms with van der Waals surface area (Å²) in [6, 6.07) is 7.56. The zero-order valence-electron chi connectivity index (χ0n) is 16.5. The van der Waals surface area contributed by atoms with Gasteiger partial charge in [-0.25, -0.2) is 0 Å². The quantitative estimate of drug-likeness (QED) is 0.596. The van der Waals surface area contributed by atoms with Crippen LogP contribution in [0.5, 0.6) is 0 Å². The minimum atomic E-state index is -0.331. The third-order valence-electron chi connectivity index (χ3n) is 8.17. The van der Waals surface area contributed by atoms with Crippen molar-refractivity contribution in [1.29, 1.82) is 0 Å². The Bertz CT molecular complexity index is 768. The number of rotatable bonds is 4. The van der Waals surface area contributed by atoms with Crippen LogP contribution in [0.25, 0.3) is 0 Å². The third-order valence-corrected chi connectivity index (χ3v) is 8.17. The van der Waals surface area contributed by atoms with E-state index >= 15 is 0 Å². The third kappa shape index (κ3) is 2.94. The maximum atomic E-state index is 13.5. The highest BCUT2D eigenvalue weighted by Gasteiger charge is 2.61. The van der Waals surface area contributed by atoms with Crippen molar-refractivity contribution in [1.82, 2.24) is 5.32 Å². The zero-order chi connectivity index (χ0) is 19.4. The maximum Gasteiger partial charge on any atom is 0.269 e. The van der Waals surface area contributed by atoms with Gasteiger partial charge in [-0.2, -0.15) is 0 Å². The van der Waals surface area contributed by atoms with Gasteiger partial charge in [-0.15, -0.1) is 0 Å². The van der Waals surface area contributed by atoms with Crippen LogP contribution in [0.15, 0.2) is 24.3 Å². The average molecular weight is 383 g/mol. The van der Waals surface area contributed by atoms with Gasteiger partial charge in [-0.1, -0.05) is 31.4 Å². The number of amides is 1. The first-order valence-electron chi connectivity index (χ1n) is 11.0. The highest BCUT2D eigenvalue weighted by molar-refractivity contribution is 5.84. The van der Waals surface area contributed by atoms with E-state index in [0.717, 1.165) is 44.9 Å². The second kappa shape index (κ2) is 6.57. The normalized spacial score (nSPS) is 37.0. The molecule has 0 aliphatic heterocycles. The number of nitrogens with one attached hydrogen (secondary N) is 1. The Morgan fingerprint density at radius 3 is 2.25 bits per heavy atom. The number of hydrogen-bond donors (Lipinski definition) is 1. The van der Waals surface area contributed by atoms with Crippen LogP contribution in [0.2, 0.25) is 0 Å². The minimum absolute atomic E-state index is 0.0309. The van der Waals surface area contributed by atoms with E-state index in [4.69, 9.17) is 0 Å². The summed E-state index contributed by atoms with van der Waals surface area (Å²) in [5, 5.41) is 14.5. The largest absolute Gasteiger partial charge is 0.353 e. The highest BCUT2D eigenvalue weighted by atomic mass is 16.6. The van der Waals surface area contributed by atoms with Crippen molar-refractivity contribution in [2.45, 2.75) is 82.1 Å². The summed E-state index contributed by atoms with van der Waals surface area (Å²) in [7, 11) is 0. The molecule has 5 aliphatic carbocycles. The van der Waals surface area contributed by atoms with E-state index in [-0.39, 0.29) is 21.4 Å². The summed E-state index contributed by atoms with van der Waals surface area (Å²) < 4.78 is 0. The highest BCUT2D eigenvalue weighted by Crippen LogP contribution is 2.65. The second-order valence-corrected chi connectivity index (χ2v) is 10.1. The van der Waals surface area contributed by atoms with Gasteiger partial charge in [0.15, 0.2) is 0 Å². The standard InChI is InChI=1S/C23H30N2O3/c26-21(24-19-4-2-1-3-5-19)23-13-16-10-17(14-23)12-22(11-16,15-23)18-6-8-20(9-7-18)25(27)28/h6-9,16-17,19H,1-5,10-15H2,(H,24,26). The lowest BCUT2D eigenvalue weighted by Gasteiger charge is -2.61. The van der Waals surface area contributed by atoms with Gasteiger partial charge in [0.25, 0.3) is 5.69 Å². The number of nitro groups is 1. The monoisotopic (exact) mass is 382 g/mol. The van der Waals surface area contributed by atoms with Crippen LogP contribution >= 0.6 is 0 Å². The summed E-state index contributed by atoms with van der Waals surface area (Å²) in [5.74, 6) is 1.54. The predicted octanol–water partition coefficient (Wildman–Crippen LogP) is 4.88. The fourth-order valence-corrected chi connectivity index (χ4v) is 7.39. The molecule has 1 aromatic rings. The molecule has 1 N–H and O–H groups in total. The summed E-state index contributed by atoms with van der Waals surface area (Å²) in [4.78, 5) is 24.2. The first-order valence-corrected chi connectivity index (χ1v) is 11.0. The number of nitrogens with zero attached hydrogens (tertiary/aromatic N) is 1. The Hall–Kier alpha value is -1.91. The maximum absolute atomic E-state index is 13.5. The van der Waals surface area contributed by atoms with Crippen molar-refractivity contribution in [3.8, 4) is 0 Å². The van der Waals surface area contributed by atoms with E-state index in [2.05, 4.69) is 5.32 Å². The molecule has 5 nitrogen and oxygen atoms in total. The predicted molar refractivity (Wildman–Crippen MR) is 107 cm³/mol. The van der Waals surface area contributed by atoms with Crippen molar-refractivity contribution in [3.63, 3.8) is 0 Å². The van der Waals surface area contributed by atoms with Crippen LogP contribution in [0.1, 0.15) is 76.2 Å². The number of carbonyl (C=O) groups excluding carboxylic acids is 1. The topological polar surface area (TPSA) is 72.2 Å². The fourth-order valence-electron chi connectivity index (χ4n) is 7.39. The number of benzene rings is 1. The van der Waals surface area contributed by atoms with E-state index < -0.39 is 0 Å². The molecule has 0 aromatic heterocycles. The van der Waals surface area contributed by atoms with Gasteiger partial charge in [-0.3, -0.25) is 14.9 Å². The SMILES string of the molecule is O=C(NC1CCCCC1)C12CC3CC(C1)CC(c1ccc([N+](=O)[O-])cc1)(C3)C2. The smallest absolute Gasteiger partial charge is 0.269 e. The molecule has 6 rings (SSSR count). The molecule has 1 amide bonds. The molecule has 5 aliphatic rings. The molecule has 2 atom stereocenters. The van der Waals surface area contributed by atoms with Gasteiger partial charge < -0.3 is 5.32 Å². The molecule has 0 saturated heterocycles. The number of hydrogen-bond acceptors (Lipinski definition) is 3. The van der Waals surface area contributed by atoms with Gasteiger partial charge in [0.05, 0.1) is 10.3 Å². The number of non-ortho nitro benzene ring substituents is 1.